The van der Waals surface area contributed by atoms with E-state index in [1.54, 1.807) is 7.11 Å². The monoisotopic (exact) mass is 543 g/mol. The van der Waals surface area contributed by atoms with Gasteiger partial charge in [-0.05, 0) is 73.0 Å². The van der Waals surface area contributed by atoms with Crippen LogP contribution >= 0.6 is 11.3 Å². The first kappa shape index (κ1) is 26.1. The average Bonchev–Trinajstić information content (AvgIpc) is 3.73. The molecule has 3 aliphatic rings. The van der Waals surface area contributed by atoms with Crippen molar-refractivity contribution in [2.75, 3.05) is 46.4 Å². The lowest BCUT2D eigenvalue weighted by molar-refractivity contribution is -0.139. The van der Waals surface area contributed by atoms with Gasteiger partial charge in [0, 0.05) is 38.6 Å². The number of amides is 2. The van der Waals surface area contributed by atoms with Crippen LogP contribution in [0.5, 0.6) is 5.75 Å². The minimum atomic E-state index is -0.210. The van der Waals surface area contributed by atoms with Crippen LogP contribution in [0.25, 0.3) is 0 Å². The summed E-state index contributed by atoms with van der Waals surface area (Å²) in [5.74, 6) is 2.04. The van der Waals surface area contributed by atoms with Gasteiger partial charge < -0.3 is 19.4 Å². The number of rotatable bonds is 7. The third kappa shape index (κ3) is 5.35. The number of nitrogens with zero attached hydrogens (tertiary/aromatic N) is 3. The highest BCUT2D eigenvalue weighted by atomic mass is 32.1. The van der Waals surface area contributed by atoms with E-state index in [4.69, 9.17) is 4.74 Å². The second-order valence-corrected chi connectivity index (χ2v) is 12.3. The number of hydrogen-bond donors (Lipinski definition) is 0. The summed E-state index contributed by atoms with van der Waals surface area (Å²) >= 11 is 1.52. The molecule has 2 amide bonds. The number of thiophene rings is 1. The number of carbonyl (C=O) groups is 2. The van der Waals surface area contributed by atoms with Crippen LogP contribution in [0.1, 0.15) is 46.0 Å². The largest absolute Gasteiger partial charge is 0.497 e. The molecule has 39 heavy (non-hydrogen) atoms. The molecule has 2 atom stereocenters. The lowest BCUT2D eigenvalue weighted by Crippen LogP contribution is -2.46. The van der Waals surface area contributed by atoms with Crippen molar-refractivity contribution in [3.63, 3.8) is 0 Å². The van der Waals surface area contributed by atoms with Gasteiger partial charge in [0.15, 0.2) is 0 Å². The highest BCUT2D eigenvalue weighted by Gasteiger charge is 2.48. The molecule has 6 nitrogen and oxygen atoms in total. The van der Waals surface area contributed by atoms with Crippen LogP contribution in [0.3, 0.4) is 0 Å². The van der Waals surface area contributed by atoms with Crippen molar-refractivity contribution in [2.24, 2.45) is 11.3 Å². The zero-order valence-electron chi connectivity index (χ0n) is 22.6. The minimum Gasteiger partial charge on any atom is -0.497 e. The fourth-order valence-electron chi connectivity index (χ4n) is 6.81. The first-order valence-electron chi connectivity index (χ1n) is 14.1. The molecule has 0 bridgehead atoms. The van der Waals surface area contributed by atoms with Crippen molar-refractivity contribution in [1.82, 2.24) is 14.7 Å². The Balaban J connectivity index is 1.08. The van der Waals surface area contributed by atoms with Crippen molar-refractivity contribution in [1.29, 1.82) is 0 Å². The van der Waals surface area contributed by atoms with E-state index in [2.05, 4.69) is 52.3 Å². The van der Waals surface area contributed by atoms with Gasteiger partial charge in [0.25, 0.3) is 5.91 Å². The van der Waals surface area contributed by atoms with Gasteiger partial charge in [-0.15, -0.1) is 11.3 Å². The summed E-state index contributed by atoms with van der Waals surface area (Å²) in [6.07, 6.45) is 2.80. The second-order valence-electron chi connectivity index (χ2n) is 11.4. The predicted octanol–water partition coefficient (Wildman–Crippen LogP) is 5.13. The van der Waals surface area contributed by atoms with Gasteiger partial charge >= 0.3 is 0 Å². The molecule has 0 saturated carbocycles. The van der Waals surface area contributed by atoms with E-state index in [1.165, 1.54) is 16.9 Å². The van der Waals surface area contributed by atoms with Crippen molar-refractivity contribution in [3.05, 3.63) is 88.1 Å². The normalized spacial score (nSPS) is 23.1. The summed E-state index contributed by atoms with van der Waals surface area (Å²) < 4.78 is 5.27. The molecular weight excluding hydrogens is 506 g/mol. The lowest BCUT2D eigenvalue weighted by atomic mass is 9.76. The summed E-state index contributed by atoms with van der Waals surface area (Å²) in [7, 11) is 1.67. The van der Waals surface area contributed by atoms with Gasteiger partial charge in [0.2, 0.25) is 5.91 Å². The molecule has 6 rings (SSSR count). The number of piperidine rings is 1. The number of benzene rings is 2. The molecule has 3 aromatic rings. The van der Waals surface area contributed by atoms with Crippen molar-refractivity contribution >= 4 is 23.2 Å². The molecule has 7 heteroatoms. The molecule has 0 aliphatic carbocycles. The Morgan fingerprint density at radius 2 is 1.69 bits per heavy atom. The Labute approximate surface area is 235 Å². The molecule has 1 aromatic heterocycles. The zero-order chi connectivity index (χ0) is 26.8. The molecule has 0 radical (unpaired) electrons. The third-order valence-electron chi connectivity index (χ3n) is 9.13. The van der Waals surface area contributed by atoms with Crippen LogP contribution in [-0.2, 0) is 11.3 Å². The van der Waals surface area contributed by atoms with Crippen molar-refractivity contribution in [2.45, 2.75) is 31.7 Å². The van der Waals surface area contributed by atoms with E-state index in [-0.39, 0.29) is 11.3 Å². The molecule has 3 fully saturated rings. The first-order valence-corrected chi connectivity index (χ1v) is 14.9. The molecule has 3 saturated heterocycles. The smallest absolute Gasteiger partial charge is 0.263 e. The van der Waals surface area contributed by atoms with E-state index in [9.17, 15) is 9.59 Å². The maximum atomic E-state index is 13.6. The Hall–Kier alpha value is -3.16. The first-order chi connectivity index (χ1) is 19.0. The summed E-state index contributed by atoms with van der Waals surface area (Å²) in [5, 5.41) is 1.97. The topological polar surface area (TPSA) is 53.1 Å². The standard InChI is InChI=1S/C32H37N3O3S/c1-38-27-11-9-24(10-12-27)20-34-18-15-32(31(34)37)13-16-33(17-14-32)21-26-22-35(30(36)29-8-5-19-39-29)23-28(26)25-6-3-2-4-7-25/h2-12,19,26,28H,13-18,20-23H2,1H3. The predicted molar refractivity (Wildman–Crippen MR) is 154 cm³/mol. The summed E-state index contributed by atoms with van der Waals surface area (Å²) in [4.78, 5) is 34.2. The van der Waals surface area contributed by atoms with E-state index in [0.717, 1.165) is 74.7 Å². The van der Waals surface area contributed by atoms with Crippen molar-refractivity contribution in [3.8, 4) is 5.75 Å². The highest BCUT2D eigenvalue weighted by Crippen LogP contribution is 2.43. The molecule has 2 unspecified atom stereocenters. The molecule has 3 aliphatic heterocycles. The minimum absolute atomic E-state index is 0.152. The van der Waals surface area contributed by atoms with Gasteiger partial charge in [-0.2, -0.15) is 0 Å². The number of likely N-dealkylation sites (tertiary alicyclic amines) is 3. The molecule has 1 spiro atoms. The van der Waals surface area contributed by atoms with Gasteiger partial charge in [-0.25, -0.2) is 0 Å². The van der Waals surface area contributed by atoms with E-state index in [0.29, 0.717) is 24.3 Å². The van der Waals surface area contributed by atoms with Gasteiger partial charge in [-0.1, -0.05) is 48.5 Å². The van der Waals surface area contributed by atoms with Crippen LogP contribution in [-0.4, -0.2) is 72.9 Å². The van der Waals surface area contributed by atoms with Crippen molar-refractivity contribution < 1.29 is 14.3 Å². The lowest BCUT2D eigenvalue weighted by Gasteiger charge is -2.39. The summed E-state index contributed by atoms with van der Waals surface area (Å²) in [6.45, 7) is 5.91. The quantitative estimate of drug-likeness (QED) is 0.415. The Bertz CT molecular complexity index is 1270. The highest BCUT2D eigenvalue weighted by molar-refractivity contribution is 7.12. The van der Waals surface area contributed by atoms with Crippen LogP contribution in [0.15, 0.2) is 72.1 Å². The SMILES string of the molecule is COc1ccc(CN2CCC3(CCN(CC4CN(C(=O)c5cccs5)CC4c4ccccc4)CC3)C2=O)cc1. The Kier molecular flexibility index (Phi) is 7.45. The number of ether oxygens (including phenoxy) is 1. The zero-order valence-corrected chi connectivity index (χ0v) is 23.4. The van der Waals surface area contributed by atoms with Gasteiger partial charge in [-0.3, -0.25) is 9.59 Å². The fraction of sp³-hybridized carbons (Fsp3) is 0.438. The summed E-state index contributed by atoms with van der Waals surface area (Å²) in [6, 6.07) is 22.6. The Morgan fingerprint density at radius 3 is 2.38 bits per heavy atom. The van der Waals surface area contributed by atoms with Gasteiger partial charge in [0.1, 0.15) is 5.75 Å². The molecule has 204 valence electrons. The second kappa shape index (κ2) is 11.1. The van der Waals surface area contributed by atoms with E-state index < -0.39 is 0 Å². The van der Waals surface area contributed by atoms with E-state index in [1.807, 2.05) is 34.5 Å². The Morgan fingerprint density at radius 1 is 0.949 bits per heavy atom. The molecule has 2 aromatic carbocycles. The average molecular weight is 544 g/mol. The number of hydrogen-bond acceptors (Lipinski definition) is 5. The molecule has 4 heterocycles. The molecule has 0 N–H and O–H groups in total. The number of methoxy groups -OCH3 is 1. The fourth-order valence-corrected chi connectivity index (χ4v) is 7.50. The molecular formula is C32H37N3O3S. The number of carbonyl (C=O) groups excluding carboxylic acids is 2. The van der Waals surface area contributed by atoms with Crippen LogP contribution in [0.4, 0.5) is 0 Å². The maximum absolute atomic E-state index is 13.6. The van der Waals surface area contributed by atoms with Crippen LogP contribution < -0.4 is 4.74 Å². The summed E-state index contributed by atoms with van der Waals surface area (Å²) in [5.41, 5.74) is 2.25. The van der Waals surface area contributed by atoms with Crippen LogP contribution in [0.2, 0.25) is 0 Å². The van der Waals surface area contributed by atoms with Crippen LogP contribution in [0, 0.1) is 11.3 Å². The third-order valence-corrected chi connectivity index (χ3v) is 9.99. The van der Waals surface area contributed by atoms with Gasteiger partial charge in [0.05, 0.1) is 17.4 Å². The maximum Gasteiger partial charge on any atom is 0.263 e. The van der Waals surface area contributed by atoms with E-state index >= 15 is 0 Å².